The molecule has 0 saturated carbocycles. The van der Waals surface area contributed by atoms with E-state index in [4.69, 9.17) is 68.5 Å². The Bertz CT molecular complexity index is 2430. The molecule has 6 rings (SSSR count). The molecule has 0 radical (unpaired) electrons. The normalized spacial score (nSPS) is 41.5. The third-order valence-corrected chi connectivity index (χ3v) is 14.5. The van der Waals surface area contributed by atoms with Gasteiger partial charge in [0.2, 0.25) is 17.7 Å². The zero-order valence-electron chi connectivity index (χ0n) is 43.6. The van der Waals surface area contributed by atoms with Gasteiger partial charge < -0.3 is 146 Å². The second-order valence-electron chi connectivity index (χ2n) is 19.6. The van der Waals surface area contributed by atoms with Gasteiger partial charge in [-0.05, 0) is 6.92 Å². The predicted molar refractivity (Wildman–Crippen MR) is 252 cm³/mol. The van der Waals surface area contributed by atoms with E-state index in [1.165, 1.54) is 6.92 Å². The molecule has 5 aliphatic heterocycles. The van der Waals surface area contributed by atoms with E-state index < -0.39 is 240 Å². The van der Waals surface area contributed by atoms with Crippen molar-refractivity contribution in [3.05, 3.63) is 11.5 Å². The van der Waals surface area contributed by atoms with Gasteiger partial charge in [-0.3, -0.25) is 33.0 Å². The molecule has 0 aromatic rings. The van der Waals surface area contributed by atoms with E-state index in [2.05, 4.69) is 20.5 Å². The third-order valence-electron chi connectivity index (χ3n) is 13.6. The van der Waals surface area contributed by atoms with Crippen LogP contribution in [0.5, 0.6) is 0 Å². The van der Waals surface area contributed by atoms with E-state index >= 15 is 0 Å². The molecule has 472 valence electrons. The molecular formula is C43H66N5O34P. The largest absolute Gasteiger partial charge is 0.510 e. The van der Waals surface area contributed by atoms with Gasteiger partial charge in [-0.25, -0.2) is 14.2 Å². The minimum Gasteiger partial charge on any atom is -0.510 e. The summed E-state index contributed by atoms with van der Waals surface area (Å²) in [5.41, 5.74) is 10.1. The number of aliphatic hydroxyl groups is 12. The number of carboxylic acid groups (broad SMARTS) is 1. The Kier molecular flexibility index (Phi) is 22.8. The number of ketones is 1. The number of allylic oxidation sites excluding steroid dienone is 2. The van der Waals surface area contributed by atoms with Gasteiger partial charge in [0.05, 0.1) is 25.9 Å². The third kappa shape index (κ3) is 15.8. The van der Waals surface area contributed by atoms with E-state index in [1.54, 1.807) is 0 Å². The Balaban J connectivity index is 1.35. The number of aliphatic hydroxyl groups excluding tert-OH is 12. The summed E-state index contributed by atoms with van der Waals surface area (Å²) < 4.78 is 80.0. The van der Waals surface area contributed by atoms with Crippen molar-refractivity contribution in [3.8, 4) is 0 Å². The summed E-state index contributed by atoms with van der Waals surface area (Å²) in [6, 6.07) is -3.97. The van der Waals surface area contributed by atoms with Gasteiger partial charge in [0.25, 0.3) is 5.91 Å². The quantitative estimate of drug-likeness (QED) is 0.0448. The number of carbonyl (C=O) groups excluding carboxylic acids is 6. The van der Waals surface area contributed by atoms with Crippen LogP contribution in [-0.2, 0) is 89.7 Å². The topological polar surface area (TPSA) is 619 Å². The first kappa shape index (κ1) is 67.3. The number of phosphoric ester groups is 1. The number of amides is 5. The number of primary amides is 2. The number of rotatable bonds is 22. The molecular weight excluding hydrogens is 1160 g/mol. The highest BCUT2D eigenvalue weighted by Gasteiger charge is 2.59. The highest BCUT2D eigenvalue weighted by atomic mass is 31.2. The monoisotopic (exact) mass is 1230 g/mol. The smallest absolute Gasteiger partial charge is 0.474 e. The molecule has 0 aromatic carbocycles. The summed E-state index contributed by atoms with van der Waals surface area (Å²) >= 11 is 0. The zero-order valence-corrected chi connectivity index (χ0v) is 44.5. The van der Waals surface area contributed by atoms with Crippen LogP contribution in [0.2, 0.25) is 0 Å². The van der Waals surface area contributed by atoms with E-state index in [0.717, 1.165) is 13.8 Å². The minimum absolute atomic E-state index is 0.125. The molecule has 1 unspecified atom stereocenters. The SMILES string of the molecule is CC(=O)N[C@H]1[C@H](O[C@H]2[C@H](O)[C@@H](NC(C)=O)[C@H](O[C@H]3[C@H](OP(=O)(O)OC[C@@H](O)C(=O)O)O[C@H](C(N)=O)[C@@H](O)[C@@H]3OC(N)=O)O[C@@H]2CO[C@@H]2O[C@H](CO)[C@H](O)[C@@H](O)[C@H]2O)O[C@@H](C)[C@H](O[C@@H]2O[C@@H](C(=O)NC3=C(O)CCC3=O)[C@H](O)[C@H](O)[C@@H]2O)[C@@H]1O. The van der Waals surface area contributed by atoms with Crippen molar-refractivity contribution < 1.29 is 166 Å². The Morgan fingerprint density at radius 3 is 1.76 bits per heavy atom. The molecule has 0 aromatic heterocycles. The maximum Gasteiger partial charge on any atom is 0.474 e. The highest BCUT2D eigenvalue weighted by Crippen LogP contribution is 2.48. The van der Waals surface area contributed by atoms with Crippen LogP contribution in [0, 0.1) is 0 Å². The van der Waals surface area contributed by atoms with E-state index in [9.17, 15) is 104 Å². The van der Waals surface area contributed by atoms with Gasteiger partial charge in [0.1, 0.15) is 103 Å². The van der Waals surface area contributed by atoms with Crippen molar-refractivity contribution in [1.82, 2.24) is 16.0 Å². The number of aliphatic carboxylic acids is 1. The van der Waals surface area contributed by atoms with Crippen LogP contribution in [0.1, 0.15) is 33.6 Å². The number of ether oxygens (including phenoxy) is 10. The number of nitrogens with one attached hydrogen (secondary N) is 3. The Hall–Kier alpha value is -4.86. The Morgan fingerprint density at radius 1 is 0.663 bits per heavy atom. The van der Waals surface area contributed by atoms with Gasteiger partial charge in [-0.15, -0.1) is 0 Å². The number of carboxylic acids is 1. The summed E-state index contributed by atoms with van der Waals surface area (Å²) in [6.45, 7) is -0.469. The standard InChI is InChI=1S/C43H66N5O34P/c1-9-29(76-41-27(62)24(59)25(60)33(79-41)36(65)48-17-12(52)4-5-13(17)53)21(56)18(46-10(2)50)38(73-9)77-30-16(8-71-40-26(61)23(58)20(55)15(6-49)74-40)75-39(19(22(30)57)47-11(3)51)80-34-31(81-43(45)68)28(63)32(35(44)64)78-42(34)82-83(69,70)72-7-14(54)37(66)67/h9,14-16,18-34,38-42,49,52,54-63H,4-8H2,1-3H3,(H2,44,64)(H2,45,68)(H,46,50)(H,47,51)(H,48,65)(H,66,67)(H,69,70)/t9-,14+,15+,16+,18+,19+,20-,21+,22+,23+,24-,25+,26+,27-,28-,29-,30+,31-,32-,33+,34+,38-,39-,40+,41+,42-/m0/s1. The zero-order chi connectivity index (χ0) is 61.8. The van der Waals surface area contributed by atoms with Crippen LogP contribution >= 0.6 is 7.82 Å². The van der Waals surface area contributed by atoms with Gasteiger partial charge in [0.15, 0.2) is 67.8 Å². The first-order valence-electron chi connectivity index (χ1n) is 25.0. The molecule has 5 fully saturated rings. The van der Waals surface area contributed by atoms with Crippen LogP contribution in [0.4, 0.5) is 4.79 Å². The Labute approximate surface area is 466 Å². The number of carbonyl (C=O) groups is 7. The second kappa shape index (κ2) is 28.1. The fraction of sp³-hybridized carbons (Fsp3) is 0.791. The fourth-order valence-electron chi connectivity index (χ4n) is 9.41. The molecule has 0 spiro atoms. The van der Waals surface area contributed by atoms with E-state index in [-0.39, 0.29) is 12.8 Å². The maximum absolute atomic E-state index is 13.3. The highest BCUT2D eigenvalue weighted by molar-refractivity contribution is 7.47. The summed E-state index contributed by atoms with van der Waals surface area (Å²) in [5.74, 6) is -7.94. The van der Waals surface area contributed by atoms with Crippen LogP contribution in [-0.4, -0.2) is 292 Å². The fourth-order valence-corrected chi connectivity index (χ4v) is 10.2. The lowest BCUT2D eigenvalue weighted by Crippen LogP contribution is -2.71. The van der Waals surface area contributed by atoms with E-state index in [0.29, 0.717) is 0 Å². The predicted octanol–water partition coefficient (Wildman–Crippen LogP) is -11.2. The molecule has 5 heterocycles. The Morgan fingerprint density at radius 2 is 1.20 bits per heavy atom. The van der Waals surface area contributed by atoms with Crippen molar-refractivity contribution in [3.63, 3.8) is 0 Å². The summed E-state index contributed by atoms with van der Waals surface area (Å²) in [6.07, 6.45) is -53.7. The van der Waals surface area contributed by atoms with Gasteiger partial charge in [0, 0.05) is 26.7 Å². The molecule has 6 aliphatic rings. The molecule has 39 nitrogen and oxygen atoms in total. The van der Waals surface area contributed by atoms with Crippen molar-refractivity contribution in [2.75, 3.05) is 19.8 Å². The average Bonchev–Trinajstić information content (AvgIpc) is 3.47. The molecule has 27 atom stereocenters. The van der Waals surface area contributed by atoms with Crippen molar-refractivity contribution in [1.29, 1.82) is 0 Å². The number of hydrogen-bond acceptors (Lipinski definition) is 32. The molecule has 40 heteroatoms. The molecule has 5 amide bonds. The van der Waals surface area contributed by atoms with Crippen LogP contribution in [0.15, 0.2) is 11.5 Å². The molecule has 0 bridgehead atoms. The minimum atomic E-state index is -5.77. The van der Waals surface area contributed by atoms with Crippen molar-refractivity contribution in [2.24, 2.45) is 11.5 Å². The first-order valence-corrected chi connectivity index (χ1v) is 26.5. The maximum atomic E-state index is 13.3. The van der Waals surface area contributed by atoms with Gasteiger partial charge >= 0.3 is 19.9 Å². The summed E-state index contributed by atoms with van der Waals surface area (Å²) in [7, 11) is -5.77. The lowest BCUT2D eigenvalue weighted by atomic mass is 9.93. The lowest BCUT2D eigenvalue weighted by molar-refractivity contribution is -0.371. The number of nitrogens with two attached hydrogens (primary N) is 2. The first-order chi connectivity index (χ1) is 38.8. The van der Waals surface area contributed by atoms with Crippen molar-refractivity contribution in [2.45, 2.75) is 193 Å². The molecule has 1 aliphatic carbocycles. The van der Waals surface area contributed by atoms with Gasteiger partial charge in [-0.1, -0.05) is 0 Å². The molecule has 21 N–H and O–H groups in total. The number of hydrogen-bond donors (Lipinski definition) is 19. The van der Waals surface area contributed by atoms with Crippen LogP contribution in [0.25, 0.3) is 0 Å². The van der Waals surface area contributed by atoms with Crippen LogP contribution < -0.4 is 27.4 Å². The summed E-state index contributed by atoms with van der Waals surface area (Å²) in [5, 5.41) is 145. The second-order valence-corrected chi connectivity index (χ2v) is 21.0. The van der Waals surface area contributed by atoms with Crippen molar-refractivity contribution >= 4 is 49.3 Å². The van der Waals surface area contributed by atoms with E-state index in [1.807, 2.05) is 0 Å². The number of Topliss-reactive ketones (excluding diaryl/α,β-unsaturated/α-hetero) is 1. The van der Waals surface area contributed by atoms with Gasteiger partial charge in [-0.2, -0.15) is 0 Å². The molecule has 83 heavy (non-hydrogen) atoms. The number of phosphoric acid groups is 1. The summed E-state index contributed by atoms with van der Waals surface area (Å²) in [4.78, 5) is 97.9. The lowest BCUT2D eigenvalue weighted by Gasteiger charge is -2.50. The average molecular weight is 1230 g/mol. The molecule has 5 saturated heterocycles. The van der Waals surface area contributed by atoms with Crippen LogP contribution in [0.3, 0.4) is 0 Å².